The molecule has 3 heteroatoms. The molecule has 4 heavy (non-hydrogen) atoms. The van der Waals surface area contributed by atoms with E-state index in [-0.39, 0.29) is 7.75 Å². The molecule has 0 radical (unpaired) electrons. The number of hydrogen-bond donors (Lipinski definition) is 0. The van der Waals surface area contributed by atoms with Gasteiger partial charge in [-0.2, -0.15) is 0 Å². The van der Waals surface area contributed by atoms with Crippen molar-refractivity contribution in [3.05, 3.63) is 0 Å². The van der Waals surface area contributed by atoms with E-state index in [1.807, 2.05) is 6.66 Å². The van der Waals surface area contributed by atoms with Crippen LogP contribution in [0.1, 0.15) is 0 Å². The van der Waals surface area contributed by atoms with E-state index in [2.05, 4.69) is 0 Å². The molecule has 0 aromatic heterocycles. The second kappa shape index (κ2) is 3.53. The van der Waals surface area contributed by atoms with E-state index < -0.39 is 0 Å². The first kappa shape index (κ1) is 4.53. The average Bonchev–Trinajstić information content (AvgIpc) is 1.37. The molecule has 0 rings (SSSR count). The molecule has 0 saturated heterocycles. The van der Waals surface area contributed by atoms with Gasteiger partial charge in [-0.05, 0) is 0 Å². The quantitative estimate of drug-likeness (QED) is 0.417. The van der Waals surface area contributed by atoms with Crippen molar-refractivity contribution in [1.29, 1.82) is 0 Å². The standard InChI is InChI=1S/CH3OP2/c1-3-4-2/h1H3/q+1. The van der Waals surface area contributed by atoms with Crippen LogP contribution in [0.5, 0.6) is 0 Å². The number of rotatable bonds is 0. The molecule has 0 amide bonds. The normalized spacial score (nSPS) is 7.25. The van der Waals surface area contributed by atoms with Crippen molar-refractivity contribution in [1.82, 2.24) is 0 Å². The summed E-state index contributed by atoms with van der Waals surface area (Å²) in [6.45, 7) is 1.83. The Morgan fingerprint density at radius 1 is 2.00 bits per heavy atom. The summed E-state index contributed by atoms with van der Waals surface area (Å²) in [4.78, 5) is 0. The molecule has 0 aliphatic rings. The second-order valence-electron chi connectivity index (χ2n) is 0.282. The molecule has 0 aromatic carbocycles. The number of hydrogen-bond acceptors (Lipinski definition) is 1. The van der Waals surface area contributed by atoms with Crippen LogP contribution in [-0.2, 0) is 4.57 Å². The molecule has 0 atom stereocenters. The average molecular weight is 93.0 g/mol. The fourth-order valence-corrected chi connectivity index (χ4v) is 0. The van der Waals surface area contributed by atoms with E-state index in [1.54, 1.807) is 0 Å². The van der Waals surface area contributed by atoms with Gasteiger partial charge < -0.3 is 0 Å². The summed E-state index contributed by atoms with van der Waals surface area (Å²) in [7, 11) is 1.14. The fraction of sp³-hybridized carbons (Fsp3) is 1.00. The van der Waals surface area contributed by atoms with Crippen LogP contribution in [0.4, 0.5) is 0 Å². The Morgan fingerprint density at radius 2 is 2.25 bits per heavy atom. The topological polar surface area (TPSA) is 17.1 Å². The van der Waals surface area contributed by atoms with E-state index in [0.717, 1.165) is 7.87 Å². The van der Waals surface area contributed by atoms with Crippen LogP contribution >= 0.6 is 15.6 Å². The van der Waals surface area contributed by atoms with Gasteiger partial charge in [0.1, 0.15) is 0 Å². The summed E-state index contributed by atoms with van der Waals surface area (Å²) < 4.78 is 9.26. The molecule has 22 valence electrons. The third kappa shape index (κ3) is 2.53. The third-order valence-corrected chi connectivity index (χ3v) is 0.735. The zero-order valence-electron chi connectivity index (χ0n) is 2.30. The predicted octanol–water partition coefficient (Wildman–Crippen LogP) is 1.77. The summed E-state index contributed by atoms with van der Waals surface area (Å²) in [5.41, 5.74) is 0. The van der Waals surface area contributed by atoms with Gasteiger partial charge in [-0.15, -0.1) is 0 Å². The Hall–Kier alpha value is 0.530. The first-order valence-electron chi connectivity index (χ1n) is 0.830. The SMILES string of the molecule is CP=[P+]=O. The van der Waals surface area contributed by atoms with Gasteiger partial charge in [0.25, 0.3) is 0 Å². The van der Waals surface area contributed by atoms with E-state index >= 15 is 0 Å². The maximum atomic E-state index is 9.26. The molecule has 0 aliphatic carbocycles. The summed E-state index contributed by atoms with van der Waals surface area (Å²) in [5, 5.41) is 0. The van der Waals surface area contributed by atoms with Gasteiger partial charge in [0, 0.05) is 0 Å². The molecule has 0 saturated carbocycles. The van der Waals surface area contributed by atoms with Gasteiger partial charge in [0.15, 0.2) is 0 Å². The molecule has 0 spiro atoms. The Kier molecular flexibility index (Phi) is 4.00. The molecule has 0 fully saturated rings. The molecule has 0 aromatic rings. The van der Waals surface area contributed by atoms with Crippen LogP contribution in [-0.4, -0.2) is 6.66 Å². The summed E-state index contributed by atoms with van der Waals surface area (Å²) in [5.74, 6) is 0. The zero-order chi connectivity index (χ0) is 3.41. The van der Waals surface area contributed by atoms with Crippen molar-refractivity contribution in [2.24, 2.45) is 0 Å². The van der Waals surface area contributed by atoms with E-state index in [4.69, 9.17) is 0 Å². The molecule has 0 aliphatic heterocycles. The monoisotopic (exact) mass is 93.0 g/mol. The Balaban J connectivity index is 3.11. The van der Waals surface area contributed by atoms with Gasteiger partial charge in [-0.3, -0.25) is 0 Å². The van der Waals surface area contributed by atoms with Gasteiger partial charge in [-0.1, -0.05) is 0 Å². The van der Waals surface area contributed by atoms with Crippen molar-refractivity contribution in [2.75, 3.05) is 6.66 Å². The Bertz CT molecular complexity index is 44.0. The van der Waals surface area contributed by atoms with Crippen molar-refractivity contribution in [3.63, 3.8) is 0 Å². The van der Waals surface area contributed by atoms with E-state index in [1.165, 1.54) is 0 Å². The van der Waals surface area contributed by atoms with E-state index in [0.29, 0.717) is 0 Å². The molecular formula is CH3OP2+. The van der Waals surface area contributed by atoms with Crippen LogP contribution in [0.3, 0.4) is 0 Å². The van der Waals surface area contributed by atoms with Gasteiger partial charge in [-0.25, -0.2) is 0 Å². The van der Waals surface area contributed by atoms with Crippen molar-refractivity contribution in [3.8, 4) is 0 Å². The summed E-state index contributed by atoms with van der Waals surface area (Å²) in [6, 6.07) is 0. The zero-order valence-corrected chi connectivity index (χ0v) is 4.09. The van der Waals surface area contributed by atoms with Crippen LogP contribution < -0.4 is 0 Å². The first-order chi connectivity index (χ1) is 1.91. The first-order valence-corrected chi connectivity index (χ1v) is 3.69. The molecule has 0 unspecified atom stereocenters. The van der Waals surface area contributed by atoms with Gasteiger partial charge >= 0.3 is 26.8 Å². The maximum absolute atomic E-state index is 9.26. The summed E-state index contributed by atoms with van der Waals surface area (Å²) in [6.07, 6.45) is 0. The Labute approximate surface area is 27.9 Å². The van der Waals surface area contributed by atoms with Crippen LogP contribution in [0.15, 0.2) is 0 Å². The molecule has 0 heterocycles. The third-order valence-electron chi connectivity index (χ3n) is 0.0816. The van der Waals surface area contributed by atoms with Crippen molar-refractivity contribution >= 4 is 15.6 Å². The molecular weight excluding hydrogens is 90.0 g/mol. The Morgan fingerprint density at radius 3 is 2.25 bits per heavy atom. The minimum atomic E-state index is 0.221. The second-order valence-corrected chi connectivity index (χ2v) is 2.53. The summed E-state index contributed by atoms with van der Waals surface area (Å²) >= 11 is 0. The molecule has 0 bridgehead atoms. The van der Waals surface area contributed by atoms with Crippen LogP contribution in [0.25, 0.3) is 0 Å². The van der Waals surface area contributed by atoms with Crippen LogP contribution in [0, 0.1) is 0 Å². The van der Waals surface area contributed by atoms with Crippen molar-refractivity contribution < 1.29 is 4.57 Å². The van der Waals surface area contributed by atoms with Crippen LogP contribution in [0.2, 0.25) is 0 Å². The minimum absolute atomic E-state index is 0.221. The van der Waals surface area contributed by atoms with Crippen molar-refractivity contribution in [2.45, 2.75) is 0 Å². The molecule has 1 nitrogen and oxygen atoms in total. The van der Waals surface area contributed by atoms with Gasteiger partial charge in [0.05, 0.1) is 0 Å². The fourth-order valence-electron chi connectivity index (χ4n) is 0. The van der Waals surface area contributed by atoms with E-state index in [9.17, 15) is 4.57 Å². The molecule has 0 N–H and O–H groups in total. The predicted molar refractivity (Wildman–Crippen MR) is 20.5 cm³/mol. The van der Waals surface area contributed by atoms with Gasteiger partial charge in [0.2, 0.25) is 0 Å².